The summed E-state index contributed by atoms with van der Waals surface area (Å²) in [6.45, 7) is 1.63. The van der Waals surface area contributed by atoms with Gasteiger partial charge in [0.25, 0.3) is 0 Å². The third kappa shape index (κ3) is 3.10. The number of aryl methyl sites for hydroxylation is 1. The Morgan fingerprint density at radius 3 is 2.47 bits per heavy atom. The van der Waals surface area contributed by atoms with Crippen molar-refractivity contribution in [2.45, 2.75) is 18.7 Å². The molecule has 0 N–H and O–H groups in total. The molecule has 0 amide bonds. The lowest BCUT2D eigenvalue weighted by Crippen LogP contribution is -2.01. The largest absolute Gasteiger partial charge is 0.207 e. The molecule has 0 nitrogen and oxygen atoms in total. The van der Waals surface area contributed by atoms with Gasteiger partial charge in [0.15, 0.2) is 11.6 Å². The quantitative estimate of drug-likeness (QED) is 0.701. The van der Waals surface area contributed by atoms with E-state index in [2.05, 4.69) is 0 Å². The monoisotopic (exact) mass is 284 g/mol. The maximum atomic E-state index is 13.5. The number of alkyl halides is 1. The summed E-state index contributed by atoms with van der Waals surface area (Å²) in [4.78, 5) is 0. The van der Waals surface area contributed by atoms with Crippen molar-refractivity contribution < 1.29 is 13.2 Å². The molecule has 2 rings (SSSR count). The first-order valence-corrected chi connectivity index (χ1v) is 6.25. The van der Waals surface area contributed by atoms with E-state index in [9.17, 15) is 13.2 Å². The van der Waals surface area contributed by atoms with Gasteiger partial charge in [0, 0.05) is 0 Å². The summed E-state index contributed by atoms with van der Waals surface area (Å²) in [5.41, 5.74) is 1.37. The van der Waals surface area contributed by atoms with Gasteiger partial charge in [-0.1, -0.05) is 24.3 Å². The molecule has 0 aliphatic heterocycles. The second-order valence-electron chi connectivity index (χ2n) is 4.39. The molecular weight excluding hydrogens is 273 g/mol. The van der Waals surface area contributed by atoms with Crippen molar-refractivity contribution in [1.29, 1.82) is 0 Å². The highest BCUT2D eigenvalue weighted by Gasteiger charge is 2.15. The fraction of sp³-hybridized carbons (Fsp3) is 0.200. The molecule has 0 spiro atoms. The summed E-state index contributed by atoms with van der Waals surface area (Å²) in [5, 5.41) is -0.532. The van der Waals surface area contributed by atoms with E-state index in [0.29, 0.717) is 11.1 Å². The summed E-state index contributed by atoms with van der Waals surface area (Å²) in [7, 11) is 0. The second-order valence-corrected chi connectivity index (χ2v) is 4.92. The van der Waals surface area contributed by atoms with E-state index in [1.54, 1.807) is 19.1 Å². The summed E-state index contributed by atoms with van der Waals surface area (Å²) in [6, 6.07) is 8.48. The lowest BCUT2D eigenvalue weighted by Gasteiger charge is -2.12. The lowest BCUT2D eigenvalue weighted by atomic mass is 10.0. The molecule has 1 atom stereocenters. The molecule has 0 aliphatic rings. The van der Waals surface area contributed by atoms with E-state index in [0.717, 1.165) is 6.07 Å². The van der Waals surface area contributed by atoms with Gasteiger partial charge in [0.2, 0.25) is 0 Å². The van der Waals surface area contributed by atoms with Crippen molar-refractivity contribution in [2.75, 3.05) is 0 Å². The van der Waals surface area contributed by atoms with Crippen molar-refractivity contribution >= 4 is 11.6 Å². The smallest absolute Gasteiger partial charge is 0.162 e. The fourth-order valence-electron chi connectivity index (χ4n) is 1.88. The normalized spacial score (nSPS) is 12.5. The lowest BCUT2D eigenvalue weighted by molar-refractivity contribution is 0.498. The van der Waals surface area contributed by atoms with E-state index in [1.165, 1.54) is 18.2 Å². The highest BCUT2D eigenvalue weighted by Crippen LogP contribution is 2.27. The summed E-state index contributed by atoms with van der Waals surface area (Å²) >= 11 is 6.18. The van der Waals surface area contributed by atoms with Crippen LogP contribution < -0.4 is 0 Å². The van der Waals surface area contributed by atoms with Crippen molar-refractivity contribution in [3.63, 3.8) is 0 Å². The standard InChI is InChI=1S/C15H12ClF3/c1-9-7-10(5-6-13(9)17)12(16)8-11-3-2-4-14(18)15(11)19/h2-7,12H,8H2,1H3. The van der Waals surface area contributed by atoms with Crippen LogP contribution in [0.15, 0.2) is 36.4 Å². The zero-order chi connectivity index (χ0) is 14.0. The molecule has 0 heterocycles. The van der Waals surface area contributed by atoms with E-state index in [1.807, 2.05) is 0 Å². The van der Waals surface area contributed by atoms with Gasteiger partial charge in [-0.2, -0.15) is 0 Å². The van der Waals surface area contributed by atoms with Crippen LogP contribution in [0.25, 0.3) is 0 Å². The first-order valence-electron chi connectivity index (χ1n) is 5.82. The molecule has 2 aromatic carbocycles. The molecule has 1 unspecified atom stereocenters. The van der Waals surface area contributed by atoms with Gasteiger partial charge in [-0.15, -0.1) is 11.6 Å². The molecule has 100 valence electrons. The van der Waals surface area contributed by atoms with E-state index < -0.39 is 17.0 Å². The average Bonchev–Trinajstić information content (AvgIpc) is 2.38. The number of benzene rings is 2. The molecule has 0 bridgehead atoms. The molecule has 0 radical (unpaired) electrons. The third-order valence-electron chi connectivity index (χ3n) is 2.97. The first kappa shape index (κ1) is 13.9. The van der Waals surface area contributed by atoms with Crippen LogP contribution in [0.5, 0.6) is 0 Å². The maximum absolute atomic E-state index is 13.5. The summed E-state index contributed by atoms with van der Waals surface area (Å²) in [5.74, 6) is -2.09. The first-order chi connectivity index (χ1) is 8.99. The summed E-state index contributed by atoms with van der Waals surface area (Å²) in [6.07, 6.45) is 0.149. The minimum absolute atomic E-state index is 0.149. The van der Waals surface area contributed by atoms with Crippen LogP contribution in [0, 0.1) is 24.4 Å². The Kier molecular flexibility index (Phi) is 4.15. The Morgan fingerprint density at radius 1 is 1.05 bits per heavy atom. The van der Waals surface area contributed by atoms with E-state index in [4.69, 9.17) is 11.6 Å². The van der Waals surface area contributed by atoms with Crippen LogP contribution >= 0.6 is 11.6 Å². The highest BCUT2D eigenvalue weighted by molar-refractivity contribution is 6.20. The van der Waals surface area contributed by atoms with Crippen LogP contribution in [0.2, 0.25) is 0 Å². The van der Waals surface area contributed by atoms with Gasteiger partial charge in [-0.05, 0) is 42.2 Å². The van der Waals surface area contributed by atoms with Gasteiger partial charge in [0.1, 0.15) is 5.82 Å². The zero-order valence-electron chi connectivity index (χ0n) is 10.3. The molecule has 0 aromatic heterocycles. The van der Waals surface area contributed by atoms with Crippen molar-refractivity contribution in [3.05, 3.63) is 70.5 Å². The van der Waals surface area contributed by atoms with Crippen LogP contribution in [0.3, 0.4) is 0 Å². The molecule has 0 fully saturated rings. The highest BCUT2D eigenvalue weighted by atomic mass is 35.5. The molecule has 0 aliphatic carbocycles. The van der Waals surface area contributed by atoms with Crippen LogP contribution in [-0.4, -0.2) is 0 Å². The van der Waals surface area contributed by atoms with Crippen LogP contribution in [-0.2, 0) is 6.42 Å². The topological polar surface area (TPSA) is 0 Å². The Labute approximate surface area is 114 Å². The molecule has 2 aromatic rings. The van der Waals surface area contributed by atoms with Crippen molar-refractivity contribution in [2.24, 2.45) is 0 Å². The molecule has 4 heteroatoms. The molecule has 0 saturated heterocycles. The number of hydrogen-bond acceptors (Lipinski definition) is 0. The molecule has 19 heavy (non-hydrogen) atoms. The third-order valence-corrected chi connectivity index (χ3v) is 3.38. The van der Waals surface area contributed by atoms with E-state index in [-0.39, 0.29) is 17.8 Å². The van der Waals surface area contributed by atoms with Crippen molar-refractivity contribution in [3.8, 4) is 0 Å². The summed E-state index contributed by atoms with van der Waals surface area (Å²) < 4.78 is 39.8. The molecular formula is C15H12ClF3. The number of hydrogen-bond donors (Lipinski definition) is 0. The van der Waals surface area contributed by atoms with Gasteiger partial charge in [-0.25, -0.2) is 13.2 Å². The Hall–Kier alpha value is -1.48. The number of halogens is 4. The van der Waals surface area contributed by atoms with Crippen molar-refractivity contribution in [1.82, 2.24) is 0 Å². The maximum Gasteiger partial charge on any atom is 0.162 e. The Balaban J connectivity index is 2.23. The SMILES string of the molecule is Cc1cc(C(Cl)Cc2cccc(F)c2F)ccc1F. The minimum Gasteiger partial charge on any atom is -0.207 e. The van der Waals surface area contributed by atoms with Gasteiger partial charge in [0.05, 0.1) is 5.38 Å². The Morgan fingerprint density at radius 2 is 1.79 bits per heavy atom. The Bertz CT molecular complexity index is 596. The van der Waals surface area contributed by atoms with Gasteiger partial charge >= 0.3 is 0 Å². The van der Waals surface area contributed by atoms with Crippen LogP contribution in [0.1, 0.15) is 22.1 Å². The fourth-order valence-corrected chi connectivity index (χ4v) is 2.18. The van der Waals surface area contributed by atoms with E-state index >= 15 is 0 Å². The predicted octanol–water partition coefficient (Wildman–Crippen LogP) is 4.93. The predicted molar refractivity (Wildman–Crippen MR) is 69.8 cm³/mol. The van der Waals surface area contributed by atoms with Gasteiger partial charge < -0.3 is 0 Å². The van der Waals surface area contributed by atoms with Crippen LogP contribution in [0.4, 0.5) is 13.2 Å². The minimum atomic E-state index is -0.892. The van der Waals surface area contributed by atoms with Gasteiger partial charge in [-0.3, -0.25) is 0 Å². The molecule has 0 saturated carbocycles. The zero-order valence-corrected chi connectivity index (χ0v) is 11.0. The second kappa shape index (κ2) is 5.66. The number of rotatable bonds is 3. The average molecular weight is 285 g/mol.